The third-order valence-electron chi connectivity index (χ3n) is 6.10. The minimum Gasteiger partial charge on any atom is -0.376 e. The van der Waals surface area contributed by atoms with E-state index >= 15 is 0 Å². The molecular weight excluding hydrogens is 415 g/mol. The summed E-state index contributed by atoms with van der Waals surface area (Å²) in [6, 6.07) is 9.08. The summed E-state index contributed by atoms with van der Waals surface area (Å²) in [4.78, 5) is 29.5. The number of amides is 2. The van der Waals surface area contributed by atoms with E-state index in [1.54, 1.807) is 17.0 Å². The molecule has 166 valence electrons. The molecule has 1 aromatic carbocycles. The van der Waals surface area contributed by atoms with E-state index in [4.69, 9.17) is 4.74 Å². The fourth-order valence-electron chi connectivity index (χ4n) is 4.49. The third kappa shape index (κ3) is 5.71. The van der Waals surface area contributed by atoms with Crippen LogP contribution in [0.15, 0.2) is 41.8 Å². The van der Waals surface area contributed by atoms with Crippen LogP contribution in [-0.4, -0.2) is 42.0 Å². The molecule has 1 aliphatic heterocycles. The Labute approximate surface area is 186 Å². The zero-order valence-corrected chi connectivity index (χ0v) is 18.4. The zero-order chi connectivity index (χ0) is 21.6. The van der Waals surface area contributed by atoms with E-state index in [9.17, 15) is 14.0 Å². The summed E-state index contributed by atoms with van der Waals surface area (Å²) < 4.78 is 19.4. The molecule has 1 saturated carbocycles. The van der Waals surface area contributed by atoms with Gasteiger partial charge < -0.3 is 15.0 Å². The van der Waals surface area contributed by atoms with E-state index in [2.05, 4.69) is 5.32 Å². The number of rotatable bonds is 8. The van der Waals surface area contributed by atoms with Gasteiger partial charge in [0.15, 0.2) is 0 Å². The van der Waals surface area contributed by atoms with E-state index < -0.39 is 6.04 Å². The third-order valence-corrected chi connectivity index (χ3v) is 6.97. The summed E-state index contributed by atoms with van der Waals surface area (Å²) >= 11 is 1.53. The molecule has 2 aromatic rings. The van der Waals surface area contributed by atoms with E-state index in [0.29, 0.717) is 18.7 Å². The van der Waals surface area contributed by atoms with Crippen molar-refractivity contribution in [3.8, 4) is 0 Å². The number of hydrogen-bond donors (Lipinski definition) is 1. The Bertz CT molecular complexity index is 859. The van der Waals surface area contributed by atoms with Gasteiger partial charge in [-0.05, 0) is 54.8 Å². The summed E-state index contributed by atoms with van der Waals surface area (Å²) in [6.07, 6.45) is 6.07. The van der Waals surface area contributed by atoms with Gasteiger partial charge in [0.1, 0.15) is 11.9 Å². The molecule has 2 unspecified atom stereocenters. The molecule has 1 aliphatic carbocycles. The maximum atomic E-state index is 13.6. The number of ether oxygens (including phenoxy) is 1. The number of carbonyl (C=O) groups is 2. The topological polar surface area (TPSA) is 58.6 Å². The van der Waals surface area contributed by atoms with Crippen molar-refractivity contribution in [1.29, 1.82) is 0 Å². The minimum absolute atomic E-state index is 0.0884. The Morgan fingerprint density at radius 2 is 1.90 bits per heavy atom. The molecule has 2 heterocycles. The average molecular weight is 445 g/mol. The Kier molecular flexibility index (Phi) is 7.35. The van der Waals surface area contributed by atoms with Crippen molar-refractivity contribution in [2.45, 2.75) is 63.1 Å². The first-order valence-electron chi connectivity index (χ1n) is 11.1. The van der Waals surface area contributed by atoms with Gasteiger partial charge in [0, 0.05) is 24.1 Å². The van der Waals surface area contributed by atoms with Gasteiger partial charge in [-0.2, -0.15) is 0 Å². The van der Waals surface area contributed by atoms with Crippen LogP contribution in [0.4, 0.5) is 4.39 Å². The first-order chi connectivity index (χ1) is 15.1. The summed E-state index contributed by atoms with van der Waals surface area (Å²) in [7, 11) is 0. The number of halogens is 1. The molecule has 2 fully saturated rings. The van der Waals surface area contributed by atoms with Gasteiger partial charge >= 0.3 is 0 Å². The maximum absolute atomic E-state index is 13.6. The minimum atomic E-state index is -0.808. The van der Waals surface area contributed by atoms with E-state index in [0.717, 1.165) is 43.4 Å². The largest absolute Gasteiger partial charge is 0.376 e. The molecule has 2 amide bonds. The molecule has 1 N–H and O–H groups in total. The van der Waals surface area contributed by atoms with Crippen LogP contribution in [0, 0.1) is 5.82 Å². The second-order valence-corrected chi connectivity index (χ2v) is 9.41. The molecule has 0 radical (unpaired) electrons. The monoisotopic (exact) mass is 444 g/mol. The van der Waals surface area contributed by atoms with Crippen LogP contribution >= 0.6 is 11.3 Å². The number of nitrogens with one attached hydrogen (secondary N) is 1. The predicted octanol–water partition coefficient (Wildman–Crippen LogP) is 4.24. The Morgan fingerprint density at radius 1 is 1.13 bits per heavy atom. The highest BCUT2D eigenvalue weighted by Gasteiger charge is 2.35. The number of benzene rings is 1. The van der Waals surface area contributed by atoms with Crippen LogP contribution in [0.25, 0.3) is 0 Å². The van der Waals surface area contributed by atoms with E-state index in [1.807, 2.05) is 17.5 Å². The van der Waals surface area contributed by atoms with E-state index in [-0.39, 0.29) is 36.2 Å². The number of nitrogens with zero attached hydrogens (tertiary/aromatic N) is 1. The summed E-state index contributed by atoms with van der Waals surface area (Å²) in [5.74, 6) is -0.681. The molecule has 1 aromatic heterocycles. The molecule has 1 saturated heterocycles. The quantitative estimate of drug-likeness (QED) is 0.663. The lowest BCUT2D eigenvalue weighted by Crippen LogP contribution is -2.48. The van der Waals surface area contributed by atoms with Crippen molar-refractivity contribution in [3.63, 3.8) is 0 Å². The van der Waals surface area contributed by atoms with Crippen molar-refractivity contribution in [2.24, 2.45) is 0 Å². The van der Waals surface area contributed by atoms with Gasteiger partial charge in [0.2, 0.25) is 11.8 Å². The van der Waals surface area contributed by atoms with Crippen LogP contribution in [0.3, 0.4) is 0 Å². The molecule has 2 atom stereocenters. The number of thiophene rings is 1. The number of carbonyl (C=O) groups excluding carboxylic acids is 2. The summed E-state index contributed by atoms with van der Waals surface area (Å²) in [6.45, 7) is 1.03. The fraction of sp³-hybridized carbons (Fsp3) is 0.500. The molecule has 5 nitrogen and oxygen atoms in total. The van der Waals surface area contributed by atoms with Gasteiger partial charge in [-0.15, -0.1) is 11.3 Å². The van der Waals surface area contributed by atoms with Crippen molar-refractivity contribution < 1.29 is 18.7 Å². The number of hydrogen-bond acceptors (Lipinski definition) is 4. The highest BCUT2D eigenvalue weighted by atomic mass is 32.1. The molecule has 0 bridgehead atoms. The Balaban J connectivity index is 1.63. The normalized spacial score (nSPS) is 20.0. The lowest BCUT2D eigenvalue weighted by molar-refractivity contribution is -0.142. The standard InChI is InChI=1S/C24H29FN2O3S/c25-18-11-9-17(10-12-18)23(24(29)26-19-5-1-2-6-19)27(16-20-7-3-13-30-20)22(28)15-21-8-4-14-31-21/h4,8-12,14,19-20,23H,1-3,5-7,13,15-16H2,(H,26,29). The van der Waals surface area contributed by atoms with Crippen LogP contribution in [0.1, 0.15) is 55.0 Å². The van der Waals surface area contributed by atoms with Crippen molar-refractivity contribution in [2.75, 3.05) is 13.2 Å². The van der Waals surface area contributed by atoms with Gasteiger partial charge in [0.25, 0.3) is 0 Å². The van der Waals surface area contributed by atoms with Crippen LogP contribution in [0.2, 0.25) is 0 Å². The van der Waals surface area contributed by atoms with Gasteiger partial charge in [-0.1, -0.05) is 31.0 Å². The van der Waals surface area contributed by atoms with E-state index in [1.165, 1.54) is 23.5 Å². The predicted molar refractivity (Wildman–Crippen MR) is 118 cm³/mol. The van der Waals surface area contributed by atoms with Gasteiger partial charge in [-0.25, -0.2) is 4.39 Å². The second-order valence-electron chi connectivity index (χ2n) is 8.38. The van der Waals surface area contributed by atoms with Crippen molar-refractivity contribution >= 4 is 23.2 Å². The SMILES string of the molecule is O=C(NC1CCCC1)C(c1ccc(F)cc1)N(CC1CCCO1)C(=O)Cc1cccs1. The zero-order valence-electron chi connectivity index (χ0n) is 17.6. The summed E-state index contributed by atoms with van der Waals surface area (Å²) in [5.41, 5.74) is 0.620. The molecule has 4 rings (SSSR count). The van der Waals surface area contributed by atoms with Crippen LogP contribution < -0.4 is 5.32 Å². The average Bonchev–Trinajstić information content (AvgIpc) is 3.53. The van der Waals surface area contributed by atoms with Crippen molar-refractivity contribution in [3.05, 3.63) is 58.0 Å². The molecule has 31 heavy (non-hydrogen) atoms. The molecule has 2 aliphatic rings. The van der Waals surface area contributed by atoms with Crippen molar-refractivity contribution in [1.82, 2.24) is 10.2 Å². The highest BCUT2D eigenvalue weighted by Crippen LogP contribution is 2.27. The first kappa shape index (κ1) is 22.0. The van der Waals surface area contributed by atoms with Gasteiger partial charge in [0.05, 0.1) is 12.5 Å². The highest BCUT2D eigenvalue weighted by molar-refractivity contribution is 7.10. The maximum Gasteiger partial charge on any atom is 0.247 e. The second kappa shape index (κ2) is 10.4. The lowest BCUT2D eigenvalue weighted by Gasteiger charge is -2.34. The lowest BCUT2D eigenvalue weighted by atomic mass is 10.0. The molecular formula is C24H29FN2O3S. The summed E-state index contributed by atoms with van der Waals surface area (Å²) in [5, 5.41) is 5.09. The Hall–Kier alpha value is -2.25. The Morgan fingerprint density at radius 3 is 2.55 bits per heavy atom. The fourth-order valence-corrected chi connectivity index (χ4v) is 5.19. The first-order valence-corrected chi connectivity index (χ1v) is 12.0. The van der Waals surface area contributed by atoms with Gasteiger partial charge in [-0.3, -0.25) is 9.59 Å². The van der Waals surface area contributed by atoms with Crippen LogP contribution in [-0.2, 0) is 20.7 Å². The van der Waals surface area contributed by atoms with Crippen LogP contribution in [0.5, 0.6) is 0 Å². The molecule has 0 spiro atoms. The smallest absolute Gasteiger partial charge is 0.247 e. The molecule has 7 heteroatoms.